The quantitative estimate of drug-likeness (QED) is 0.792. The van der Waals surface area contributed by atoms with Crippen molar-refractivity contribution >= 4 is 29.2 Å². The molecule has 1 amide bonds. The van der Waals surface area contributed by atoms with Crippen molar-refractivity contribution in [3.8, 4) is 5.75 Å². The summed E-state index contributed by atoms with van der Waals surface area (Å²) in [6.07, 6.45) is 0. The lowest BCUT2D eigenvalue weighted by molar-refractivity contribution is -0.149. The second-order valence-electron chi connectivity index (χ2n) is 5.03. The van der Waals surface area contributed by atoms with E-state index in [-0.39, 0.29) is 5.69 Å². The van der Waals surface area contributed by atoms with E-state index in [1.54, 1.807) is 25.1 Å². The molecule has 0 saturated carbocycles. The lowest BCUT2D eigenvalue weighted by atomic mass is 10.2. The second-order valence-corrected chi connectivity index (χ2v) is 5.47. The van der Waals surface area contributed by atoms with Crippen molar-refractivity contribution < 1.29 is 27.8 Å². The zero-order valence-electron chi connectivity index (χ0n) is 13.1. The number of carbonyl (C=O) groups is 2. The molecule has 0 unspecified atom stereocenters. The zero-order valence-corrected chi connectivity index (χ0v) is 13.9. The van der Waals surface area contributed by atoms with Crippen LogP contribution in [0.4, 0.5) is 14.5 Å². The Bertz CT molecular complexity index is 798. The van der Waals surface area contributed by atoms with Crippen LogP contribution < -0.4 is 10.1 Å². The van der Waals surface area contributed by atoms with Crippen molar-refractivity contribution in [2.75, 3.05) is 18.5 Å². The molecule has 0 heterocycles. The molecule has 2 rings (SSSR count). The van der Waals surface area contributed by atoms with Crippen LogP contribution in [0.3, 0.4) is 0 Å². The molecule has 0 aliphatic rings. The van der Waals surface area contributed by atoms with Gasteiger partial charge in [-0.1, -0.05) is 11.6 Å². The van der Waals surface area contributed by atoms with Gasteiger partial charge in [0.1, 0.15) is 17.4 Å². The summed E-state index contributed by atoms with van der Waals surface area (Å²) in [6.45, 7) is 0.733. The molecular weight excluding hydrogens is 356 g/mol. The van der Waals surface area contributed by atoms with Gasteiger partial charge >= 0.3 is 5.97 Å². The molecule has 5 nitrogen and oxygen atoms in total. The van der Waals surface area contributed by atoms with Crippen LogP contribution in [0.2, 0.25) is 5.02 Å². The fraction of sp³-hybridized carbons (Fsp3) is 0.176. The SMILES string of the molecule is Cc1cc(Cl)ccc1OCC(=O)OCC(=O)Nc1ccc(F)cc1F. The van der Waals surface area contributed by atoms with Crippen LogP contribution in [0.15, 0.2) is 36.4 Å². The highest BCUT2D eigenvalue weighted by molar-refractivity contribution is 6.30. The van der Waals surface area contributed by atoms with Gasteiger partial charge in [0.15, 0.2) is 13.2 Å². The van der Waals surface area contributed by atoms with Crippen LogP contribution in [0.1, 0.15) is 5.56 Å². The topological polar surface area (TPSA) is 64.6 Å². The van der Waals surface area contributed by atoms with E-state index in [4.69, 9.17) is 21.1 Å². The summed E-state index contributed by atoms with van der Waals surface area (Å²) in [7, 11) is 0. The normalized spacial score (nSPS) is 10.2. The van der Waals surface area contributed by atoms with Gasteiger partial charge in [-0.05, 0) is 42.8 Å². The summed E-state index contributed by atoms with van der Waals surface area (Å²) in [5.74, 6) is -2.78. The Labute approximate surface area is 147 Å². The summed E-state index contributed by atoms with van der Waals surface area (Å²) < 4.78 is 36.2. The Balaban J connectivity index is 1.78. The molecule has 2 aromatic rings. The molecule has 0 aliphatic heterocycles. The number of aryl methyl sites for hydroxylation is 1. The molecule has 1 N–H and O–H groups in total. The second kappa shape index (κ2) is 8.43. The minimum atomic E-state index is -0.929. The highest BCUT2D eigenvalue weighted by atomic mass is 35.5. The average molecular weight is 370 g/mol. The standard InChI is InChI=1S/C17H14ClF2NO4/c1-10-6-11(18)2-5-15(10)24-9-17(23)25-8-16(22)21-14-4-3-12(19)7-13(14)20/h2-7H,8-9H2,1H3,(H,21,22). The van der Waals surface area contributed by atoms with Crippen molar-refractivity contribution in [1.82, 2.24) is 0 Å². The first kappa shape index (κ1) is 18.7. The van der Waals surface area contributed by atoms with Gasteiger partial charge in [-0.3, -0.25) is 4.79 Å². The van der Waals surface area contributed by atoms with Gasteiger partial charge in [0.05, 0.1) is 5.69 Å². The van der Waals surface area contributed by atoms with E-state index in [2.05, 4.69) is 5.32 Å². The monoisotopic (exact) mass is 369 g/mol. The smallest absolute Gasteiger partial charge is 0.344 e. The van der Waals surface area contributed by atoms with Gasteiger partial charge in [-0.15, -0.1) is 0 Å². The number of benzene rings is 2. The van der Waals surface area contributed by atoms with E-state index in [9.17, 15) is 18.4 Å². The van der Waals surface area contributed by atoms with Gasteiger partial charge in [0.25, 0.3) is 5.91 Å². The Hall–Kier alpha value is -2.67. The van der Waals surface area contributed by atoms with E-state index in [1.165, 1.54) is 0 Å². The van der Waals surface area contributed by atoms with Crippen LogP contribution in [-0.4, -0.2) is 25.1 Å². The van der Waals surface area contributed by atoms with E-state index in [1.807, 2.05) is 0 Å². The van der Waals surface area contributed by atoms with Crippen LogP contribution in [0.5, 0.6) is 5.75 Å². The van der Waals surface area contributed by atoms with Crippen molar-refractivity contribution in [3.63, 3.8) is 0 Å². The molecule has 8 heteroatoms. The molecular formula is C17H14ClF2NO4. The van der Waals surface area contributed by atoms with Gasteiger partial charge in [0, 0.05) is 11.1 Å². The number of ether oxygens (including phenoxy) is 2. The van der Waals surface area contributed by atoms with Gasteiger partial charge in [-0.25, -0.2) is 13.6 Å². The fourth-order valence-corrected chi connectivity index (χ4v) is 2.10. The van der Waals surface area contributed by atoms with Crippen molar-refractivity contribution in [2.45, 2.75) is 6.92 Å². The average Bonchev–Trinajstić information content (AvgIpc) is 2.55. The molecule has 0 atom stereocenters. The van der Waals surface area contributed by atoms with Gasteiger partial charge in [0.2, 0.25) is 0 Å². The third kappa shape index (κ3) is 5.72. The maximum atomic E-state index is 13.4. The zero-order chi connectivity index (χ0) is 18.4. The number of carbonyl (C=O) groups excluding carboxylic acids is 2. The lowest BCUT2D eigenvalue weighted by Gasteiger charge is -2.10. The molecule has 0 aromatic heterocycles. The third-order valence-electron chi connectivity index (χ3n) is 3.05. The number of amides is 1. The number of hydrogen-bond donors (Lipinski definition) is 1. The largest absolute Gasteiger partial charge is 0.482 e. The predicted molar refractivity (Wildman–Crippen MR) is 87.6 cm³/mol. The molecule has 0 fully saturated rings. The first-order chi connectivity index (χ1) is 11.8. The molecule has 0 saturated heterocycles. The maximum Gasteiger partial charge on any atom is 0.344 e. The summed E-state index contributed by atoms with van der Waals surface area (Å²) in [5.41, 5.74) is 0.528. The number of nitrogens with one attached hydrogen (secondary N) is 1. The Morgan fingerprint density at radius 1 is 1.12 bits per heavy atom. The summed E-state index contributed by atoms with van der Waals surface area (Å²) >= 11 is 5.81. The Kier molecular flexibility index (Phi) is 6.30. The molecule has 2 aromatic carbocycles. The molecule has 0 spiro atoms. The van der Waals surface area contributed by atoms with Crippen LogP contribution >= 0.6 is 11.6 Å². The molecule has 25 heavy (non-hydrogen) atoms. The van der Waals surface area contributed by atoms with E-state index < -0.39 is 36.7 Å². The third-order valence-corrected chi connectivity index (χ3v) is 3.29. The minimum Gasteiger partial charge on any atom is -0.482 e. The van der Waals surface area contributed by atoms with Crippen molar-refractivity contribution in [3.05, 3.63) is 58.6 Å². The number of hydrogen-bond acceptors (Lipinski definition) is 4. The minimum absolute atomic E-state index is 0.213. The number of anilines is 1. The maximum absolute atomic E-state index is 13.4. The van der Waals surface area contributed by atoms with Crippen LogP contribution in [0.25, 0.3) is 0 Å². The first-order valence-electron chi connectivity index (χ1n) is 7.14. The predicted octanol–water partition coefficient (Wildman–Crippen LogP) is 3.49. The summed E-state index contributed by atoms with van der Waals surface area (Å²) in [4.78, 5) is 23.2. The Morgan fingerprint density at radius 3 is 2.56 bits per heavy atom. The molecule has 0 aliphatic carbocycles. The fourth-order valence-electron chi connectivity index (χ4n) is 1.88. The van der Waals surface area contributed by atoms with E-state index in [0.29, 0.717) is 16.8 Å². The van der Waals surface area contributed by atoms with Crippen LogP contribution in [0, 0.1) is 18.6 Å². The number of esters is 1. The van der Waals surface area contributed by atoms with Gasteiger partial charge < -0.3 is 14.8 Å². The van der Waals surface area contributed by atoms with Gasteiger partial charge in [-0.2, -0.15) is 0 Å². The number of halogens is 3. The van der Waals surface area contributed by atoms with Crippen molar-refractivity contribution in [1.29, 1.82) is 0 Å². The molecule has 0 bridgehead atoms. The van der Waals surface area contributed by atoms with E-state index in [0.717, 1.165) is 17.7 Å². The molecule has 132 valence electrons. The number of rotatable bonds is 6. The molecule has 0 radical (unpaired) electrons. The van der Waals surface area contributed by atoms with E-state index >= 15 is 0 Å². The summed E-state index contributed by atoms with van der Waals surface area (Å²) in [6, 6.07) is 7.58. The highest BCUT2D eigenvalue weighted by Crippen LogP contribution is 2.21. The van der Waals surface area contributed by atoms with Crippen molar-refractivity contribution in [2.24, 2.45) is 0 Å². The first-order valence-corrected chi connectivity index (χ1v) is 7.52. The van der Waals surface area contributed by atoms with Crippen LogP contribution in [-0.2, 0) is 14.3 Å². The lowest BCUT2D eigenvalue weighted by Crippen LogP contribution is -2.24. The highest BCUT2D eigenvalue weighted by Gasteiger charge is 2.12. The summed E-state index contributed by atoms with van der Waals surface area (Å²) in [5, 5.41) is 2.71. The Morgan fingerprint density at radius 2 is 1.88 bits per heavy atom.